The third-order valence-corrected chi connectivity index (χ3v) is 3.06. The molecule has 0 atom stereocenters. The van der Waals surface area contributed by atoms with Gasteiger partial charge in [-0.25, -0.2) is 4.39 Å². The maximum absolute atomic E-state index is 13.9. The molecule has 2 aromatic carbocycles. The number of benzene rings is 2. The van der Waals surface area contributed by atoms with Crippen LogP contribution in [0.1, 0.15) is 17.3 Å². The Morgan fingerprint density at radius 1 is 1.11 bits per heavy atom. The van der Waals surface area contributed by atoms with Gasteiger partial charge < -0.3 is 4.42 Å². The van der Waals surface area contributed by atoms with Gasteiger partial charge in [0.05, 0.1) is 5.56 Å². The first-order chi connectivity index (χ1) is 9.15. The molecular formula is C16H11FO2. The summed E-state index contributed by atoms with van der Waals surface area (Å²) >= 11 is 0. The highest BCUT2D eigenvalue weighted by atomic mass is 19.1. The molecular weight excluding hydrogens is 243 g/mol. The maximum Gasteiger partial charge on any atom is 0.159 e. The molecule has 3 rings (SSSR count). The van der Waals surface area contributed by atoms with E-state index in [0.717, 1.165) is 5.39 Å². The number of hydrogen-bond donors (Lipinski definition) is 0. The van der Waals surface area contributed by atoms with E-state index in [1.54, 1.807) is 6.07 Å². The van der Waals surface area contributed by atoms with E-state index in [1.165, 1.54) is 25.1 Å². The smallest absolute Gasteiger partial charge is 0.159 e. The Kier molecular flexibility index (Phi) is 2.67. The van der Waals surface area contributed by atoms with Crippen LogP contribution in [0.15, 0.2) is 52.9 Å². The van der Waals surface area contributed by atoms with Gasteiger partial charge in [-0.15, -0.1) is 0 Å². The van der Waals surface area contributed by atoms with Crippen LogP contribution in [0, 0.1) is 5.82 Å². The van der Waals surface area contributed by atoms with Crippen molar-refractivity contribution in [3.8, 4) is 11.3 Å². The average Bonchev–Trinajstić information content (AvgIpc) is 2.82. The molecule has 0 radical (unpaired) electrons. The third kappa shape index (κ3) is 2.03. The lowest BCUT2D eigenvalue weighted by molar-refractivity contribution is 0.101. The molecule has 94 valence electrons. The zero-order valence-electron chi connectivity index (χ0n) is 10.3. The number of fused-ring (bicyclic) bond motifs is 1. The molecule has 0 fully saturated rings. The number of ketones is 1. The lowest BCUT2D eigenvalue weighted by Gasteiger charge is -2.01. The largest absolute Gasteiger partial charge is 0.456 e. The maximum atomic E-state index is 13.9. The summed E-state index contributed by atoms with van der Waals surface area (Å²) in [5.41, 5.74) is 1.48. The van der Waals surface area contributed by atoms with Gasteiger partial charge in [0.15, 0.2) is 5.78 Å². The van der Waals surface area contributed by atoms with Crippen LogP contribution < -0.4 is 0 Å². The van der Waals surface area contributed by atoms with E-state index in [0.29, 0.717) is 22.5 Å². The van der Waals surface area contributed by atoms with Gasteiger partial charge in [0.1, 0.15) is 17.2 Å². The zero-order chi connectivity index (χ0) is 13.4. The molecule has 0 aliphatic carbocycles. The number of carbonyl (C=O) groups is 1. The number of rotatable bonds is 2. The number of carbonyl (C=O) groups excluding carboxylic acids is 1. The second-order valence-electron chi connectivity index (χ2n) is 4.40. The molecule has 2 nitrogen and oxygen atoms in total. The molecule has 0 amide bonds. The van der Waals surface area contributed by atoms with Gasteiger partial charge >= 0.3 is 0 Å². The highest BCUT2D eigenvalue weighted by Crippen LogP contribution is 2.30. The van der Waals surface area contributed by atoms with Crippen molar-refractivity contribution in [3.05, 3.63) is 59.9 Å². The Morgan fingerprint density at radius 2 is 1.89 bits per heavy atom. The lowest BCUT2D eigenvalue weighted by atomic mass is 10.1. The summed E-state index contributed by atoms with van der Waals surface area (Å²) in [6, 6.07) is 13.5. The van der Waals surface area contributed by atoms with Crippen LogP contribution in [0.25, 0.3) is 22.3 Å². The SMILES string of the molecule is CC(=O)c1ccc(F)c(-c2cc3ccccc3o2)c1. The monoisotopic (exact) mass is 254 g/mol. The van der Waals surface area contributed by atoms with Crippen molar-refractivity contribution in [2.75, 3.05) is 0 Å². The molecule has 0 bridgehead atoms. The summed E-state index contributed by atoms with van der Waals surface area (Å²) in [6.45, 7) is 1.45. The molecule has 1 aromatic heterocycles. The highest BCUT2D eigenvalue weighted by Gasteiger charge is 2.12. The van der Waals surface area contributed by atoms with Gasteiger partial charge in [-0.2, -0.15) is 0 Å². The Bertz CT molecular complexity index is 738. The molecule has 0 aliphatic rings. The fraction of sp³-hybridized carbons (Fsp3) is 0.0625. The van der Waals surface area contributed by atoms with E-state index in [9.17, 15) is 9.18 Å². The third-order valence-electron chi connectivity index (χ3n) is 3.06. The minimum atomic E-state index is -0.399. The quantitative estimate of drug-likeness (QED) is 0.633. The Hall–Kier alpha value is -2.42. The number of Topliss-reactive ketones (excluding diaryl/α,β-unsaturated/α-hetero) is 1. The van der Waals surface area contributed by atoms with Crippen LogP contribution in [0.4, 0.5) is 4.39 Å². The number of furan rings is 1. The number of para-hydroxylation sites is 1. The van der Waals surface area contributed by atoms with Crippen molar-refractivity contribution in [2.24, 2.45) is 0 Å². The van der Waals surface area contributed by atoms with Crippen LogP contribution in [-0.2, 0) is 0 Å². The topological polar surface area (TPSA) is 30.2 Å². The molecule has 0 saturated carbocycles. The zero-order valence-corrected chi connectivity index (χ0v) is 10.3. The average molecular weight is 254 g/mol. The predicted octanol–water partition coefficient (Wildman–Crippen LogP) is 4.44. The summed E-state index contributed by atoms with van der Waals surface area (Å²) < 4.78 is 19.5. The first-order valence-electron chi connectivity index (χ1n) is 5.94. The van der Waals surface area contributed by atoms with Crippen LogP contribution >= 0.6 is 0 Å². The summed E-state index contributed by atoms with van der Waals surface area (Å²) in [4.78, 5) is 11.4. The van der Waals surface area contributed by atoms with Gasteiger partial charge in [-0.3, -0.25) is 4.79 Å². The van der Waals surface area contributed by atoms with E-state index < -0.39 is 5.82 Å². The van der Waals surface area contributed by atoms with Crippen molar-refractivity contribution in [1.82, 2.24) is 0 Å². The van der Waals surface area contributed by atoms with Crippen LogP contribution in [0.5, 0.6) is 0 Å². The van der Waals surface area contributed by atoms with E-state index >= 15 is 0 Å². The standard InChI is InChI=1S/C16H11FO2/c1-10(18)11-6-7-14(17)13(8-11)16-9-12-4-2-3-5-15(12)19-16/h2-9H,1H3. The Labute approximate surface area is 109 Å². The fourth-order valence-electron chi connectivity index (χ4n) is 2.05. The summed E-state index contributed by atoms with van der Waals surface area (Å²) in [6.07, 6.45) is 0. The molecule has 0 unspecified atom stereocenters. The first kappa shape index (κ1) is 11.7. The second kappa shape index (κ2) is 4.35. The van der Waals surface area contributed by atoms with E-state index in [1.807, 2.05) is 24.3 Å². The molecule has 3 aromatic rings. The molecule has 0 aliphatic heterocycles. The van der Waals surface area contributed by atoms with Crippen LogP contribution in [0.2, 0.25) is 0 Å². The fourth-order valence-corrected chi connectivity index (χ4v) is 2.05. The van der Waals surface area contributed by atoms with E-state index in [2.05, 4.69) is 0 Å². The first-order valence-corrected chi connectivity index (χ1v) is 5.94. The van der Waals surface area contributed by atoms with Gasteiger partial charge in [0.2, 0.25) is 0 Å². The van der Waals surface area contributed by atoms with Crippen molar-refractivity contribution in [2.45, 2.75) is 6.92 Å². The summed E-state index contributed by atoms with van der Waals surface area (Å²) in [7, 11) is 0. The molecule has 19 heavy (non-hydrogen) atoms. The van der Waals surface area contributed by atoms with Crippen LogP contribution in [0.3, 0.4) is 0 Å². The Balaban J connectivity index is 2.20. The molecule has 0 N–H and O–H groups in total. The van der Waals surface area contributed by atoms with E-state index in [-0.39, 0.29) is 5.78 Å². The molecule has 0 spiro atoms. The van der Waals surface area contributed by atoms with Gasteiger partial charge in [0, 0.05) is 10.9 Å². The second-order valence-corrected chi connectivity index (χ2v) is 4.40. The number of halogens is 1. The van der Waals surface area contributed by atoms with Crippen molar-refractivity contribution in [1.29, 1.82) is 0 Å². The molecule has 3 heteroatoms. The van der Waals surface area contributed by atoms with E-state index in [4.69, 9.17) is 4.42 Å². The predicted molar refractivity (Wildman–Crippen MR) is 71.6 cm³/mol. The molecule has 1 heterocycles. The van der Waals surface area contributed by atoms with Gasteiger partial charge in [0.25, 0.3) is 0 Å². The normalized spacial score (nSPS) is 10.8. The highest BCUT2D eigenvalue weighted by molar-refractivity contribution is 5.95. The minimum absolute atomic E-state index is 0.0997. The van der Waals surface area contributed by atoms with Crippen LogP contribution in [-0.4, -0.2) is 5.78 Å². The minimum Gasteiger partial charge on any atom is -0.456 e. The molecule has 0 saturated heterocycles. The van der Waals surface area contributed by atoms with Crippen molar-refractivity contribution in [3.63, 3.8) is 0 Å². The number of hydrogen-bond acceptors (Lipinski definition) is 2. The summed E-state index contributed by atoms with van der Waals surface area (Å²) in [5, 5.41) is 0.908. The van der Waals surface area contributed by atoms with Gasteiger partial charge in [-0.1, -0.05) is 18.2 Å². The van der Waals surface area contributed by atoms with Crippen molar-refractivity contribution < 1.29 is 13.6 Å². The van der Waals surface area contributed by atoms with Crippen molar-refractivity contribution >= 4 is 16.8 Å². The van der Waals surface area contributed by atoms with Gasteiger partial charge in [-0.05, 0) is 37.3 Å². The Morgan fingerprint density at radius 3 is 2.63 bits per heavy atom. The summed E-state index contributed by atoms with van der Waals surface area (Å²) in [5.74, 6) is -0.0665. The lowest BCUT2D eigenvalue weighted by Crippen LogP contribution is -1.93.